The van der Waals surface area contributed by atoms with Gasteiger partial charge in [0.15, 0.2) is 28.8 Å². The number of benzene rings is 2. The fraction of sp³-hybridized carbons (Fsp3) is 0.250. The van der Waals surface area contributed by atoms with E-state index < -0.39 is 0 Å². The van der Waals surface area contributed by atoms with Crippen molar-refractivity contribution >= 4 is 23.5 Å². The second-order valence-corrected chi connectivity index (χ2v) is 6.19. The van der Waals surface area contributed by atoms with E-state index in [2.05, 4.69) is 0 Å². The summed E-state index contributed by atoms with van der Waals surface area (Å²) in [6.45, 7) is 3.79. The quantitative estimate of drug-likeness (QED) is 0.558. The van der Waals surface area contributed by atoms with Crippen LogP contribution in [0.3, 0.4) is 0 Å². The van der Waals surface area contributed by atoms with E-state index in [1.54, 1.807) is 18.2 Å². The number of phenols is 1. The van der Waals surface area contributed by atoms with E-state index in [0.29, 0.717) is 27.6 Å². The van der Waals surface area contributed by atoms with Crippen molar-refractivity contribution in [1.29, 1.82) is 0 Å². The summed E-state index contributed by atoms with van der Waals surface area (Å²) in [4.78, 5) is 12.3. The average molecular weight is 377 g/mol. The Bertz CT molecular complexity index is 827. The molecule has 0 radical (unpaired) electrons. The van der Waals surface area contributed by atoms with Crippen LogP contribution in [0.4, 0.5) is 0 Å². The normalized spacial score (nSPS) is 11.0. The third-order valence-electron chi connectivity index (χ3n) is 3.50. The van der Waals surface area contributed by atoms with Crippen molar-refractivity contribution in [3.05, 3.63) is 52.6 Å². The molecule has 0 saturated heterocycles. The minimum absolute atomic E-state index is 0.0229. The Hall–Kier alpha value is -2.66. The van der Waals surface area contributed by atoms with Crippen molar-refractivity contribution in [2.75, 3.05) is 14.2 Å². The van der Waals surface area contributed by atoms with Crippen LogP contribution in [-0.4, -0.2) is 31.2 Å². The first-order chi connectivity index (χ1) is 12.3. The molecule has 0 saturated carbocycles. The number of carbonyl (C=O) groups is 1. The fourth-order valence-electron chi connectivity index (χ4n) is 2.29. The van der Waals surface area contributed by atoms with E-state index in [-0.39, 0.29) is 23.4 Å². The van der Waals surface area contributed by atoms with Gasteiger partial charge in [0.05, 0.1) is 25.3 Å². The predicted molar refractivity (Wildman–Crippen MR) is 102 cm³/mol. The summed E-state index contributed by atoms with van der Waals surface area (Å²) in [5.74, 6) is 0.941. The summed E-state index contributed by atoms with van der Waals surface area (Å²) in [5, 5.41) is 10.0. The molecule has 0 bridgehead atoms. The lowest BCUT2D eigenvalue weighted by atomic mass is 10.1. The molecule has 0 aliphatic heterocycles. The summed E-state index contributed by atoms with van der Waals surface area (Å²) in [5.41, 5.74) is 1.09. The van der Waals surface area contributed by atoms with Gasteiger partial charge in [0, 0.05) is 5.56 Å². The third-order valence-corrected chi connectivity index (χ3v) is 3.78. The van der Waals surface area contributed by atoms with Crippen molar-refractivity contribution in [2.45, 2.75) is 20.0 Å². The molecular formula is C20H21ClO5. The molecule has 0 aliphatic rings. The van der Waals surface area contributed by atoms with Crippen molar-refractivity contribution in [3.63, 3.8) is 0 Å². The van der Waals surface area contributed by atoms with Crippen LogP contribution in [0.25, 0.3) is 6.08 Å². The number of hydrogen-bond donors (Lipinski definition) is 1. The van der Waals surface area contributed by atoms with E-state index in [9.17, 15) is 9.90 Å². The highest BCUT2D eigenvalue weighted by molar-refractivity contribution is 6.32. The third kappa shape index (κ3) is 4.70. The summed E-state index contributed by atoms with van der Waals surface area (Å²) in [6, 6.07) is 7.86. The number of halogens is 1. The Kier molecular flexibility index (Phi) is 6.52. The van der Waals surface area contributed by atoms with Gasteiger partial charge >= 0.3 is 0 Å². The van der Waals surface area contributed by atoms with Crippen molar-refractivity contribution in [3.8, 4) is 23.0 Å². The van der Waals surface area contributed by atoms with Crippen LogP contribution in [0, 0.1) is 0 Å². The Morgan fingerprint density at radius 2 is 1.81 bits per heavy atom. The SMILES string of the molecule is COc1cc(C(=O)/C=C/c2cc(Cl)c(OC(C)C)c(OC)c2)ccc1O. The van der Waals surface area contributed by atoms with Crippen LogP contribution in [-0.2, 0) is 0 Å². The predicted octanol–water partition coefficient (Wildman–Crippen LogP) is 4.75. The average Bonchev–Trinajstić information content (AvgIpc) is 2.61. The van der Waals surface area contributed by atoms with Crippen molar-refractivity contribution < 1.29 is 24.1 Å². The van der Waals surface area contributed by atoms with Crippen LogP contribution in [0.2, 0.25) is 5.02 Å². The summed E-state index contributed by atoms with van der Waals surface area (Å²) >= 11 is 6.28. The molecule has 1 N–H and O–H groups in total. The Morgan fingerprint density at radius 1 is 1.12 bits per heavy atom. The second kappa shape index (κ2) is 8.63. The molecule has 2 aromatic carbocycles. The molecule has 0 amide bonds. The van der Waals surface area contributed by atoms with Gasteiger partial charge < -0.3 is 19.3 Å². The van der Waals surface area contributed by atoms with Gasteiger partial charge in [-0.1, -0.05) is 17.7 Å². The monoisotopic (exact) mass is 376 g/mol. The molecular weight excluding hydrogens is 356 g/mol. The fourth-order valence-corrected chi connectivity index (χ4v) is 2.55. The minimum Gasteiger partial charge on any atom is -0.504 e. The maximum Gasteiger partial charge on any atom is 0.185 e. The largest absolute Gasteiger partial charge is 0.504 e. The number of ether oxygens (including phenoxy) is 3. The number of rotatable bonds is 7. The van der Waals surface area contributed by atoms with E-state index in [1.165, 1.54) is 38.5 Å². The van der Waals surface area contributed by atoms with Gasteiger partial charge in [-0.25, -0.2) is 0 Å². The Morgan fingerprint density at radius 3 is 2.42 bits per heavy atom. The van der Waals surface area contributed by atoms with E-state index in [0.717, 1.165) is 0 Å². The molecule has 0 heterocycles. The maximum atomic E-state index is 12.3. The lowest BCUT2D eigenvalue weighted by molar-refractivity contribution is 0.104. The molecule has 0 fully saturated rings. The summed E-state index contributed by atoms with van der Waals surface area (Å²) in [6.07, 6.45) is 3.00. The zero-order chi connectivity index (χ0) is 19.3. The van der Waals surface area contributed by atoms with E-state index in [1.807, 2.05) is 13.8 Å². The number of hydrogen-bond acceptors (Lipinski definition) is 5. The number of carbonyl (C=O) groups excluding carboxylic acids is 1. The highest BCUT2D eigenvalue weighted by Crippen LogP contribution is 2.37. The first-order valence-electron chi connectivity index (χ1n) is 7.99. The van der Waals surface area contributed by atoms with Gasteiger partial charge in [-0.2, -0.15) is 0 Å². The lowest BCUT2D eigenvalue weighted by Crippen LogP contribution is -2.07. The van der Waals surface area contributed by atoms with E-state index >= 15 is 0 Å². The zero-order valence-corrected chi connectivity index (χ0v) is 15.8. The van der Waals surface area contributed by atoms with Crippen LogP contribution in [0.1, 0.15) is 29.8 Å². The maximum absolute atomic E-state index is 12.3. The molecule has 0 aromatic heterocycles. The minimum atomic E-state index is -0.235. The second-order valence-electron chi connectivity index (χ2n) is 5.78. The molecule has 0 aliphatic carbocycles. The summed E-state index contributed by atoms with van der Waals surface area (Å²) < 4.78 is 16.0. The number of methoxy groups -OCH3 is 2. The lowest BCUT2D eigenvalue weighted by Gasteiger charge is -2.15. The van der Waals surface area contributed by atoms with Gasteiger partial charge in [-0.05, 0) is 55.8 Å². The van der Waals surface area contributed by atoms with Crippen molar-refractivity contribution in [1.82, 2.24) is 0 Å². The number of aromatic hydroxyl groups is 1. The van der Waals surface area contributed by atoms with Gasteiger partial charge in [-0.15, -0.1) is 0 Å². The van der Waals surface area contributed by atoms with Gasteiger partial charge in [0.2, 0.25) is 0 Å². The molecule has 2 rings (SSSR count). The van der Waals surface area contributed by atoms with Gasteiger partial charge in [0.1, 0.15) is 0 Å². The molecule has 26 heavy (non-hydrogen) atoms. The van der Waals surface area contributed by atoms with Crippen molar-refractivity contribution in [2.24, 2.45) is 0 Å². The Labute approximate surface area is 157 Å². The van der Waals surface area contributed by atoms with Crippen LogP contribution < -0.4 is 14.2 Å². The Balaban J connectivity index is 2.27. The van der Waals surface area contributed by atoms with Crippen LogP contribution >= 0.6 is 11.6 Å². The molecule has 0 spiro atoms. The van der Waals surface area contributed by atoms with Gasteiger partial charge in [-0.3, -0.25) is 4.79 Å². The first kappa shape index (κ1) is 19.7. The van der Waals surface area contributed by atoms with E-state index in [4.69, 9.17) is 25.8 Å². The smallest absolute Gasteiger partial charge is 0.185 e. The summed E-state index contributed by atoms with van der Waals surface area (Å²) in [7, 11) is 2.95. The molecule has 2 aromatic rings. The zero-order valence-electron chi connectivity index (χ0n) is 15.1. The molecule has 5 nitrogen and oxygen atoms in total. The van der Waals surface area contributed by atoms with Crippen LogP contribution in [0.15, 0.2) is 36.4 Å². The highest BCUT2D eigenvalue weighted by Gasteiger charge is 2.13. The van der Waals surface area contributed by atoms with Gasteiger partial charge in [0.25, 0.3) is 0 Å². The number of phenolic OH excluding ortho intramolecular Hbond substituents is 1. The highest BCUT2D eigenvalue weighted by atomic mass is 35.5. The standard InChI is InChI=1S/C20H21ClO5/c1-12(2)26-20-15(21)9-13(10-19(20)25-4)5-7-16(22)14-6-8-17(23)18(11-14)24-3/h5-12,23H,1-4H3/b7-5+. The molecule has 6 heteroatoms. The number of allylic oxidation sites excluding steroid dienone is 1. The molecule has 0 atom stereocenters. The topological polar surface area (TPSA) is 65.0 Å². The molecule has 0 unspecified atom stereocenters. The first-order valence-corrected chi connectivity index (χ1v) is 8.37. The number of ketones is 1. The van der Waals surface area contributed by atoms with Crippen LogP contribution in [0.5, 0.6) is 23.0 Å². The molecule has 138 valence electrons.